The van der Waals surface area contributed by atoms with Crippen LogP contribution in [0.25, 0.3) is 11.1 Å². The molecule has 8 heteroatoms. The van der Waals surface area contributed by atoms with Crippen molar-refractivity contribution in [2.75, 3.05) is 0 Å². The lowest BCUT2D eigenvalue weighted by atomic mass is 10.1. The fourth-order valence-electron chi connectivity index (χ4n) is 3.39. The van der Waals surface area contributed by atoms with Gasteiger partial charge in [-0.3, -0.25) is 4.79 Å². The number of nitrogens with zero attached hydrogens (tertiary/aromatic N) is 1. The van der Waals surface area contributed by atoms with Crippen LogP contribution in [0.1, 0.15) is 25.0 Å². The Kier molecular flexibility index (Phi) is 8.05. The van der Waals surface area contributed by atoms with E-state index < -0.39 is 28.0 Å². The van der Waals surface area contributed by atoms with Gasteiger partial charge in [0.1, 0.15) is 18.4 Å². The highest BCUT2D eigenvalue weighted by molar-refractivity contribution is 7.89. The summed E-state index contributed by atoms with van der Waals surface area (Å²) in [7, 11) is -3.97. The number of nitrogens with one attached hydrogen (secondary N) is 1. The average Bonchev–Trinajstić information content (AvgIpc) is 2.82. The van der Waals surface area contributed by atoms with Crippen LogP contribution in [0, 0.1) is 17.2 Å². The van der Waals surface area contributed by atoms with E-state index in [4.69, 9.17) is 10.00 Å². The maximum absolute atomic E-state index is 12.6. The molecule has 1 unspecified atom stereocenters. The van der Waals surface area contributed by atoms with Crippen LogP contribution in [-0.2, 0) is 27.8 Å². The van der Waals surface area contributed by atoms with E-state index in [1.165, 1.54) is 12.1 Å². The summed E-state index contributed by atoms with van der Waals surface area (Å²) in [6, 6.07) is 22.3. The van der Waals surface area contributed by atoms with Gasteiger partial charge in [0.25, 0.3) is 0 Å². The summed E-state index contributed by atoms with van der Waals surface area (Å²) in [6.45, 7) is 3.64. The molecule has 176 valence electrons. The number of carboxylic acids is 1. The molecule has 0 saturated heterocycles. The lowest BCUT2D eigenvalue weighted by molar-refractivity contribution is -0.140. The molecule has 0 spiro atoms. The smallest absolute Gasteiger partial charge is 0.322 e. The van der Waals surface area contributed by atoms with Gasteiger partial charge in [-0.1, -0.05) is 62.4 Å². The van der Waals surface area contributed by atoms with E-state index in [0.717, 1.165) is 22.3 Å². The number of hydrogen-bond acceptors (Lipinski definition) is 5. The first-order valence-corrected chi connectivity index (χ1v) is 12.2. The summed E-state index contributed by atoms with van der Waals surface area (Å²) >= 11 is 0. The molecule has 3 rings (SSSR count). The van der Waals surface area contributed by atoms with Crippen LogP contribution in [0.3, 0.4) is 0 Å². The minimum absolute atomic E-state index is 0.000798. The molecule has 0 aliphatic heterocycles. The van der Waals surface area contributed by atoms with Gasteiger partial charge >= 0.3 is 5.97 Å². The summed E-state index contributed by atoms with van der Waals surface area (Å²) in [5, 5.41) is 18.2. The van der Waals surface area contributed by atoms with Gasteiger partial charge in [0.15, 0.2) is 0 Å². The zero-order chi connectivity index (χ0) is 24.7. The van der Waals surface area contributed by atoms with Crippen molar-refractivity contribution >= 4 is 16.0 Å². The number of ether oxygens (including phenoxy) is 1. The zero-order valence-corrected chi connectivity index (χ0v) is 19.7. The van der Waals surface area contributed by atoms with Gasteiger partial charge in [-0.05, 0) is 52.4 Å². The van der Waals surface area contributed by atoms with E-state index in [9.17, 15) is 18.3 Å². The maximum atomic E-state index is 12.6. The molecule has 0 bridgehead atoms. The second kappa shape index (κ2) is 11.0. The third-order valence-corrected chi connectivity index (χ3v) is 6.81. The Morgan fingerprint density at radius 2 is 1.53 bits per heavy atom. The van der Waals surface area contributed by atoms with E-state index in [2.05, 4.69) is 10.8 Å². The minimum Gasteiger partial charge on any atom is -0.489 e. The van der Waals surface area contributed by atoms with Crippen molar-refractivity contribution in [3.8, 4) is 22.9 Å². The van der Waals surface area contributed by atoms with Crippen LogP contribution in [0.2, 0.25) is 0 Å². The molecule has 0 radical (unpaired) electrons. The molecule has 3 aromatic rings. The number of carbonyl (C=O) groups is 1. The van der Waals surface area contributed by atoms with Crippen molar-refractivity contribution in [2.24, 2.45) is 5.92 Å². The number of hydrogen-bond donors (Lipinski definition) is 2. The van der Waals surface area contributed by atoms with Crippen LogP contribution < -0.4 is 9.46 Å². The van der Waals surface area contributed by atoms with E-state index in [1.807, 2.05) is 48.5 Å². The number of aliphatic carboxylic acids is 1. The van der Waals surface area contributed by atoms with Gasteiger partial charge in [-0.25, -0.2) is 8.42 Å². The van der Waals surface area contributed by atoms with Gasteiger partial charge in [-0.2, -0.15) is 9.98 Å². The van der Waals surface area contributed by atoms with E-state index >= 15 is 0 Å². The fraction of sp³-hybridized carbons (Fsp3) is 0.231. The van der Waals surface area contributed by atoms with Crippen LogP contribution >= 0.6 is 0 Å². The van der Waals surface area contributed by atoms with Gasteiger partial charge in [0, 0.05) is 0 Å². The van der Waals surface area contributed by atoms with Crippen molar-refractivity contribution in [1.29, 1.82) is 5.26 Å². The predicted molar refractivity (Wildman–Crippen MR) is 129 cm³/mol. The SMILES string of the molecule is CC(C)C(NS(=O)(=O)c1ccc(-c2ccc(OCc3ccccc3CC#N)cc2)cc1)C(=O)O. The number of nitriles is 1. The number of benzene rings is 3. The van der Waals surface area contributed by atoms with Crippen LogP contribution in [0.4, 0.5) is 0 Å². The molecule has 0 heterocycles. The number of rotatable bonds is 10. The van der Waals surface area contributed by atoms with E-state index in [1.54, 1.807) is 26.0 Å². The summed E-state index contributed by atoms with van der Waals surface area (Å²) < 4.78 is 33.3. The second-order valence-electron chi connectivity index (χ2n) is 8.12. The quantitative estimate of drug-likeness (QED) is 0.446. The predicted octanol–water partition coefficient (Wildman–Crippen LogP) is 4.39. The molecule has 2 N–H and O–H groups in total. The Morgan fingerprint density at radius 1 is 0.971 bits per heavy atom. The fourth-order valence-corrected chi connectivity index (χ4v) is 4.73. The monoisotopic (exact) mass is 478 g/mol. The van der Waals surface area contributed by atoms with Crippen LogP contribution in [0.15, 0.2) is 77.7 Å². The normalized spacial score (nSPS) is 12.2. The molecule has 0 aliphatic rings. The van der Waals surface area contributed by atoms with Crippen molar-refractivity contribution in [2.45, 2.75) is 37.8 Å². The highest BCUT2D eigenvalue weighted by atomic mass is 32.2. The Bertz CT molecular complexity index is 1280. The summed E-state index contributed by atoms with van der Waals surface area (Å²) in [5.74, 6) is -0.939. The molecular weight excluding hydrogens is 452 g/mol. The van der Waals surface area contributed by atoms with Crippen LogP contribution in [-0.4, -0.2) is 25.5 Å². The highest BCUT2D eigenvalue weighted by Gasteiger charge is 2.27. The Labute approximate surface area is 199 Å². The first kappa shape index (κ1) is 25.0. The molecule has 7 nitrogen and oxygen atoms in total. The summed E-state index contributed by atoms with van der Waals surface area (Å²) in [4.78, 5) is 11.3. The van der Waals surface area contributed by atoms with E-state index in [-0.39, 0.29) is 4.90 Å². The first-order valence-electron chi connectivity index (χ1n) is 10.7. The zero-order valence-electron chi connectivity index (χ0n) is 18.9. The average molecular weight is 479 g/mol. The van der Waals surface area contributed by atoms with Gasteiger partial charge in [0.05, 0.1) is 17.4 Å². The molecule has 0 amide bonds. The molecule has 0 aliphatic carbocycles. The third kappa shape index (κ3) is 6.22. The van der Waals surface area contributed by atoms with Crippen molar-refractivity contribution in [3.63, 3.8) is 0 Å². The Balaban J connectivity index is 1.69. The standard InChI is InChI=1S/C26H26N2O5S/c1-18(2)25(26(29)30)28-34(31,32)24-13-9-21(10-14-24)20-7-11-23(12-8-20)33-17-22-6-4-3-5-19(22)15-16-27/h3-14,18,25,28H,15,17H2,1-2H3,(H,29,30). The number of carboxylic acid groups (broad SMARTS) is 1. The largest absolute Gasteiger partial charge is 0.489 e. The maximum Gasteiger partial charge on any atom is 0.322 e. The van der Waals surface area contributed by atoms with E-state index in [0.29, 0.717) is 18.8 Å². The first-order chi connectivity index (χ1) is 16.2. The molecule has 34 heavy (non-hydrogen) atoms. The molecule has 0 saturated carbocycles. The van der Waals surface area contributed by atoms with Crippen LogP contribution in [0.5, 0.6) is 5.75 Å². The van der Waals surface area contributed by atoms with Crippen molar-refractivity contribution in [3.05, 3.63) is 83.9 Å². The van der Waals surface area contributed by atoms with Crippen molar-refractivity contribution in [1.82, 2.24) is 4.72 Å². The molecular formula is C26H26N2O5S. The second-order valence-corrected chi connectivity index (χ2v) is 9.84. The van der Waals surface area contributed by atoms with Crippen molar-refractivity contribution < 1.29 is 23.1 Å². The summed E-state index contributed by atoms with van der Waals surface area (Å²) in [6.07, 6.45) is 0.328. The molecule has 3 aromatic carbocycles. The molecule has 1 atom stereocenters. The van der Waals surface area contributed by atoms with Gasteiger partial charge < -0.3 is 9.84 Å². The van der Waals surface area contributed by atoms with Gasteiger partial charge in [-0.15, -0.1) is 0 Å². The minimum atomic E-state index is -3.97. The number of sulfonamides is 1. The Hall–Kier alpha value is -3.67. The third-order valence-electron chi connectivity index (χ3n) is 5.35. The Morgan fingerprint density at radius 3 is 2.06 bits per heavy atom. The highest BCUT2D eigenvalue weighted by Crippen LogP contribution is 2.25. The summed E-state index contributed by atoms with van der Waals surface area (Å²) in [5.41, 5.74) is 3.58. The lowest BCUT2D eigenvalue weighted by Gasteiger charge is -2.18. The van der Waals surface area contributed by atoms with Gasteiger partial charge in [0.2, 0.25) is 10.0 Å². The molecule has 0 aromatic heterocycles. The lowest BCUT2D eigenvalue weighted by Crippen LogP contribution is -2.44. The molecule has 0 fully saturated rings. The topological polar surface area (TPSA) is 116 Å².